The number of hydrogen-bond donors (Lipinski definition) is 1. The largest absolute Gasteiger partial charge is 0.444 e. The summed E-state index contributed by atoms with van der Waals surface area (Å²) in [6.45, 7) is 8.83. The van der Waals surface area contributed by atoms with E-state index in [1.54, 1.807) is 4.90 Å². The van der Waals surface area contributed by atoms with E-state index in [9.17, 15) is 14.4 Å². The molecule has 0 bridgehead atoms. The Bertz CT molecular complexity index is 1080. The highest BCUT2D eigenvalue weighted by molar-refractivity contribution is 6.04. The molecule has 8 heteroatoms. The molecule has 1 unspecified atom stereocenters. The Kier molecular flexibility index (Phi) is 5.51. The smallest absolute Gasteiger partial charge is 0.410 e. The van der Waals surface area contributed by atoms with Gasteiger partial charge in [-0.05, 0) is 64.5 Å². The number of likely N-dealkylation sites (tertiary alicyclic amines) is 1. The van der Waals surface area contributed by atoms with Crippen molar-refractivity contribution in [1.29, 1.82) is 0 Å². The molecule has 1 aromatic heterocycles. The maximum absolute atomic E-state index is 12.6. The number of fused-ring (bicyclic) bond motifs is 1. The molecule has 1 aromatic carbocycles. The standard InChI is InChI=1S/C24H32N4O4/c1-23(2,3)32-22(31)28-12-9-15(10-13-28)16-6-7-17-18(14-16)27(5)26-20(17)24(4)11-8-19(29)25-21(24)30/h6-7,14-15H,8-13H2,1-5H3,(H,25,29,30). The van der Waals surface area contributed by atoms with Crippen molar-refractivity contribution >= 4 is 28.8 Å². The van der Waals surface area contributed by atoms with Gasteiger partial charge in [-0.1, -0.05) is 12.1 Å². The number of ether oxygens (including phenoxy) is 1. The Morgan fingerprint density at radius 2 is 1.91 bits per heavy atom. The second-order valence-corrected chi connectivity index (χ2v) is 10.2. The third-order valence-corrected chi connectivity index (χ3v) is 6.62. The van der Waals surface area contributed by atoms with Crippen molar-refractivity contribution in [1.82, 2.24) is 20.0 Å². The van der Waals surface area contributed by atoms with Gasteiger partial charge in [0.1, 0.15) is 5.60 Å². The molecule has 2 fully saturated rings. The van der Waals surface area contributed by atoms with Gasteiger partial charge in [-0.2, -0.15) is 5.10 Å². The summed E-state index contributed by atoms with van der Waals surface area (Å²) in [6, 6.07) is 6.30. The number of carbonyl (C=O) groups excluding carboxylic acids is 3. The first-order valence-electron chi connectivity index (χ1n) is 11.3. The molecule has 3 heterocycles. The minimum absolute atomic E-state index is 0.229. The third-order valence-electron chi connectivity index (χ3n) is 6.62. The number of amides is 3. The Morgan fingerprint density at radius 3 is 2.53 bits per heavy atom. The van der Waals surface area contributed by atoms with Crippen LogP contribution in [0.5, 0.6) is 0 Å². The lowest BCUT2D eigenvalue weighted by atomic mass is 9.77. The lowest BCUT2D eigenvalue weighted by Crippen LogP contribution is -2.50. The van der Waals surface area contributed by atoms with E-state index in [-0.39, 0.29) is 17.9 Å². The summed E-state index contributed by atoms with van der Waals surface area (Å²) < 4.78 is 7.32. The number of nitrogens with one attached hydrogen (secondary N) is 1. The minimum atomic E-state index is -0.826. The molecule has 1 atom stereocenters. The molecule has 32 heavy (non-hydrogen) atoms. The van der Waals surface area contributed by atoms with Crippen molar-refractivity contribution in [2.45, 2.75) is 70.3 Å². The van der Waals surface area contributed by atoms with Crippen molar-refractivity contribution < 1.29 is 19.1 Å². The van der Waals surface area contributed by atoms with E-state index in [0.29, 0.717) is 37.5 Å². The topological polar surface area (TPSA) is 93.5 Å². The third kappa shape index (κ3) is 4.10. The second kappa shape index (κ2) is 7.90. The molecule has 2 aliphatic rings. The Balaban J connectivity index is 1.53. The molecule has 172 valence electrons. The first-order chi connectivity index (χ1) is 15.0. The van der Waals surface area contributed by atoms with Crippen LogP contribution in [0.3, 0.4) is 0 Å². The summed E-state index contributed by atoms with van der Waals surface area (Å²) in [5, 5.41) is 8.09. The van der Waals surface area contributed by atoms with E-state index in [0.717, 1.165) is 23.7 Å². The molecule has 8 nitrogen and oxygen atoms in total. The molecule has 0 spiro atoms. The van der Waals surface area contributed by atoms with Crippen molar-refractivity contribution in [2.24, 2.45) is 7.05 Å². The summed E-state index contributed by atoms with van der Waals surface area (Å²) >= 11 is 0. The van der Waals surface area contributed by atoms with Gasteiger partial charge in [-0.25, -0.2) is 4.79 Å². The number of rotatable bonds is 2. The van der Waals surface area contributed by atoms with E-state index in [1.165, 1.54) is 5.56 Å². The number of benzene rings is 1. The number of carbonyl (C=O) groups is 3. The first-order valence-corrected chi connectivity index (χ1v) is 11.3. The monoisotopic (exact) mass is 440 g/mol. The van der Waals surface area contributed by atoms with Gasteiger partial charge in [-0.15, -0.1) is 0 Å². The first kappa shape index (κ1) is 22.3. The highest BCUT2D eigenvalue weighted by atomic mass is 16.6. The number of nitrogens with zero attached hydrogens (tertiary/aromatic N) is 3. The number of aryl methyl sites for hydroxylation is 1. The number of hydrogen-bond acceptors (Lipinski definition) is 5. The Labute approximate surface area is 188 Å². The van der Waals surface area contributed by atoms with Crippen LogP contribution in [-0.4, -0.2) is 51.3 Å². The predicted molar refractivity (Wildman–Crippen MR) is 120 cm³/mol. The van der Waals surface area contributed by atoms with Crippen LogP contribution in [0.2, 0.25) is 0 Å². The highest BCUT2D eigenvalue weighted by Gasteiger charge is 2.43. The average molecular weight is 441 g/mol. The van der Waals surface area contributed by atoms with Crippen LogP contribution in [0, 0.1) is 0 Å². The van der Waals surface area contributed by atoms with E-state index in [4.69, 9.17) is 9.84 Å². The number of piperidine rings is 2. The molecule has 2 aliphatic heterocycles. The number of aromatic nitrogens is 2. The molecule has 3 amide bonds. The maximum atomic E-state index is 12.6. The van der Waals surface area contributed by atoms with Crippen molar-refractivity contribution in [3.8, 4) is 0 Å². The van der Waals surface area contributed by atoms with Crippen LogP contribution < -0.4 is 5.32 Å². The summed E-state index contributed by atoms with van der Waals surface area (Å²) in [6.07, 6.45) is 2.26. The molecule has 2 saturated heterocycles. The lowest BCUT2D eigenvalue weighted by molar-refractivity contribution is -0.137. The zero-order valence-electron chi connectivity index (χ0n) is 19.5. The van der Waals surface area contributed by atoms with E-state index in [1.807, 2.05) is 45.5 Å². The van der Waals surface area contributed by atoms with Crippen LogP contribution in [0.1, 0.15) is 70.6 Å². The van der Waals surface area contributed by atoms with Crippen molar-refractivity contribution in [2.75, 3.05) is 13.1 Å². The van der Waals surface area contributed by atoms with E-state index < -0.39 is 11.0 Å². The van der Waals surface area contributed by atoms with Crippen LogP contribution in [0.4, 0.5) is 4.79 Å². The van der Waals surface area contributed by atoms with Crippen LogP contribution in [-0.2, 0) is 26.8 Å². The summed E-state index contributed by atoms with van der Waals surface area (Å²) in [4.78, 5) is 38.4. The maximum Gasteiger partial charge on any atom is 0.410 e. The minimum Gasteiger partial charge on any atom is -0.444 e. The molecule has 0 saturated carbocycles. The van der Waals surface area contributed by atoms with Gasteiger partial charge in [0.05, 0.1) is 16.6 Å². The van der Waals surface area contributed by atoms with Crippen molar-refractivity contribution in [3.63, 3.8) is 0 Å². The molecule has 0 aliphatic carbocycles. The van der Waals surface area contributed by atoms with Gasteiger partial charge >= 0.3 is 6.09 Å². The molecule has 0 radical (unpaired) electrons. The van der Waals surface area contributed by atoms with Gasteiger partial charge in [-0.3, -0.25) is 19.6 Å². The molecular weight excluding hydrogens is 408 g/mol. The van der Waals surface area contributed by atoms with E-state index in [2.05, 4.69) is 17.4 Å². The Hall–Kier alpha value is -2.90. The van der Waals surface area contributed by atoms with Gasteiger partial charge in [0.2, 0.25) is 11.8 Å². The summed E-state index contributed by atoms with van der Waals surface area (Å²) in [5.74, 6) is -0.164. The predicted octanol–water partition coefficient (Wildman–Crippen LogP) is 3.38. The molecule has 1 N–H and O–H groups in total. The van der Waals surface area contributed by atoms with Gasteiger partial charge in [0, 0.05) is 31.9 Å². The van der Waals surface area contributed by atoms with Crippen LogP contribution >= 0.6 is 0 Å². The fraction of sp³-hybridized carbons (Fsp3) is 0.583. The zero-order chi connectivity index (χ0) is 23.3. The summed E-state index contributed by atoms with van der Waals surface area (Å²) in [5.41, 5.74) is 1.58. The van der Waals surface area contributed by atoms with Crippen LogP contribution in [0.25, 0.3) is 10.9 Å². The fourth-order valence-corrected chi connectivity index (χ4v) is 4.69. The average Bonchev–Trinajstić information content (AvgIpc) is 3.06. The normalized spacial score (nSPS) is 22.8. The molecule has 2 aromatic rings. The van der Waals surface area contributed by atoms with Gasteiger partial charge in [0.25, 0.3) is 0 Å². The summed E-state index contributed by atoms with van der Waals surface area (Å²) in [7, 11) is 1.88. The number of imide groups is 1. The quantitative estimate of drug-likeness (QED) is 0.723. The van der Waals surface area contributed by atoms with Gasteiger partial charge < -0.3 is 9.64 Å². The van der Waals surface area contributed by atoms with Gasteiger partial charge in [0.15, 0.2) is 0 Å². The van der Waals surface area contributed by atoms with Crippen molar-refractivity contribution in [3.05, 3.63) is 29.5 Å². The zero-order valence-corrected chi connectivity index (χ0v) is 19.5. The van der Waals surface area contributed by atoms with Crippen LogP contribution in [0.15, 0.2) is 18.2 Å². The molecule has 4 rings (SSSR count). The molecular formula is C24H32N4O4. The second-order valence-electron chi connectivity index (χ2n) is 10.2. The highest BCUT2D eigenvalue weighted by Crippen LogP contribution is 2.37. The van der Waals surface area contributed by atoms with E-state index >= 15 is 0 Å². The SMILES string of the molecule is Cn1nc(C2(C)CCC(=O)NC2=O)c2ccc(C3CCN(C(=O)OC(C)(C)C)CC3)cc21. The fourth-order valence-electron chi connectivity index (χ4n) is 4.69. The Morgan fingerprint density at radius 1 is 1.22 bits per heavy atom. The lowest BCUT2D eigenvalue weighted by Gasteiger charge is -2.33.